The van der Waals surface area contributed by atoms with E-state index >= 15 is 0 Å². The Bertz CT molecular complexity index is 1030. The zero-order valence-corrected chi connectivity index (χ0v) is 17.3. The zero-order chi connectivity index (χ0) is 21.6. The molecule has 1 saturated heterocycles. The molecule has 1 aliphatic rings. The summed E-state index contributed by atoms with van der Waals surface area (Å²) < 4.78 is 5.51. The smallest absolute Gasteiger partial charge is 0.323 e. The predicted octanol–water partition coefficient (Wildman–Crippen LogP) is 3.51. The first-order valence-electron chi connectivity index (χ1n) is 10.2. The van der Waals surface area contributed by atoms with E-state index in [0.717, 1.165) is 23.6 Å². The summed E-state index contributed by atoms with van der Waals surface area (Å²) >= 11 is 0. The van der Waals surface area contributed by atoms with Crippen LogP contribution in [0.5, 0.6) is 0 Å². The van der Waals surface area contributed by atoms with Crippen molar-refractivity contribution in [2.45, 2.75) is 19.6 Å². The lowest BCUT2D eigenvalue weighted by molar-refractivity contribution is 0.0985. The number of hydrogen-bond donors (Lipinski definition) is 3. The summed E-state index contributed by atoms with van der Waals surface area (Å²) in [5, 5.41) is 15.3. The lowest BCUT2D eigenvalue weighted by Gasteiger charge is -2.34. The molecular formula is C23H25N5O3. The number of aromatic nitrogens is 2. The topological polar surface area (TPSA) is 99.6 Å². The Kier molecular flexibility index (Phi) is 6.40. The van der Waals surface area contributed by atoms with Crippen LogP contribution in [0.3, 0.4) is 0 Å². The highest BCUT2D eigenvalue weighted by Crippen LogP contribution is 2.24. The summed E-state index contributed by atoms with van der Waals surface area (Å²) in [6.45, 7) is 3.94. The van der Waals surface area contributed by atoms with E-state index < -0.39 is 0 Å². The van der Waals surface area contributed by atoms with E-state index in [1.54, 1.807) is 12.1 Å². The largest absolute Gasteiger partial charge is 0.390 e. The molecule has 8 nitrogen and oxygen atoms in total. The average molecular weight is 419 g/mol. The number of para-hydroxylation sites is 1. The molecular weight excluding hydrogens is 394 g/mol. The van der Waals surface area contributed by atoms with Crippen LogP contribution >= 0.6 is 0 Å². The SMILES string of the molecule is C[C@@H]1COCCN1c1cc(CO)nc(-c2ccc(NC(=O)Nc3ccccc3)cc2)n1. The molecule has 4 rings (SSSR count). The Hall–Kier alpha value is -3.49. The second-order valence-corrected chi connectivity index (χ2v) is 7.34. The van der Waals surface area contributed by atoms with Crippen LogP contribution in [0.2, 0.25) is 0 Å². The maximum absolute atomic E-state index is 12.2. The zero-order valence-electron chi connectivity index (χ0n) is 17.3. The van der Waals surface area contributed by atoms with Gasteiger partial charge < -0.3 is 25.4 Å². The van der Waals surface area contributed by atoms with Gasteiger partial charge in [-0.05, 0) is 43.3 Å². The number of anilines is 3. The number of hydrogen-bond acceptors (Lipinski definition) is 6. The molecule has 160 valence electrons. The van der Waals surface area contributed by atoms with Crippen molar-refractivity contribution in [1.82, 2.24) is 9.97 Å². The fourth-order valence-electron chi connectivity index (χ4n) is 3.43. The molecule has 2 amide bonds. The molecule has 31 heavy (non-hydrogen) atoms. The molecule has 1 fully saturated rings. The second kappa shape index (κ2) is 9.55. The molecule has 1 aromatic heterocycles. The number of amides is 2. The van der Waals surface area contributed by atoms with Gasteiger partial charge in [0.25, 0.3) is 0 Å². The molecule has 3 N–H and O–H groups in total. The predicted molar refractivity (Wildman–Crippen MR) is 120 cm³/mol. The molecule has 1 aliphatic heterocycles. The highest BCUT2D eigenvalue weighted by molar-refractivity contribution is 5.99. The van der Waals surface area contributed by atoms with Gasteiger partial charge in [0, 0.05) is 29.5 Å². The van der Waals surface area contributed by atoms with Gasteiger partial charge in [-0.15, -0.1) is 0 Å². The number of aliphatic hydroxyl groups is 1. The molecule has 0 unspecified atom stereocenters. The van der Waals surface area contributed by atoms with Crippen molar-refractivity contribution >= 4 is 23.2 Å². The summed E-state index contributed by atoms with van der Waals surface area (Å²) in [5.41, 5.74) is 2.72. The molecule has 0 radical (unpaired) electrons. The third kappa shape index (κ3) is 5.17. The van der Waals surface area contributed by atoms with Crippen LogP contribution in [0.4, 0.5) is 22.0 Å². The van der Waals surface area contributed by atoms with E-state index in [2.05, 4.69) is 27.4 Å². The van der Waals surface area contributed by atoms with E-state index in [9.17, 15) is 9.90 Å². The van der Waals surface area contributed by atoms with Crippen LogP contribution < -0.4 is 15.5 Å². The van der Waals surface area contributed by atoms with Crippen LogP contribution in [0.25, 0.3) is 11.4 Å². The Balaban J connectivity index is 1.50. The number of nitrogens with zero attached hydrogens (tertiary/aromatic N) is 3. The minimum absolute atomic E-state index is 0.166. The normalized spacial score (nSPS) is 16.1. The summed E-state index contributed by atoms with van der Waals surface area (Å²) in [4.78, 5) is 23.5. The highest BCUT2D eigenvalue weighted by Gasteiger charge is 2.21. The first-order chi connectivity index (χ1) is 15.1. The van der Waals surface area contributed by atoms with Crippen LogP contribution in [-0.2, 0) is 11.3 Å². The van der Waals surface area contributed by atoms with Crippen molar-refractivity contribution in [3.05, 3.63) is 66.4 Å². The van der Waals surface area contributed by atoms with Crippen molar-refractivity contribution in [3.8, 4) is 11.4 Å². The van der Waals surface area contributed by atoms with Crippen molar-refractivity contribution in [3.63, 3.8) is 0 Å². The first kappa shape index (κ1) is 20.8. The maximum atomic E-state index is 12.2. The summed E-state index contributed by atoms with van der Waals surface area (Å²) in [6.07, 6.45) is 0. The van der Waals surface area contributed by atoms with Gasteiger partial charge in [-0.25, -0.2) is 14.8 Å². The van der Waals surface area contributed by atoms with E-state index in [4.69, 9.17) is 9.72 Å². The van der Waals surface area contributed by atoms with Gasteiger partial charge in [0.05, 0.1) is 31.6 Å². The van der Waals surface area contributed by atoms with Crippen molar-refractivity contribution < 1.29 is 14.6 Å². The Morgan fingerprint density at radius 1 is 1.10 bits per heavy atom. The number of morpholine rings is 1. The van der Waals surface area contributed by atoms with Crippen LogP contribution in [0.15, 0.2) is 60.7 Å². The Morgan fingerprint density at radius 3 is 2.48 bits per heavy atom. The van der Waals surface area contributed by atoms with E-state index in [1.807, 2.05) is 48.5 Å². The number of urea groups is 1. The average Bonchev–Trinajstić information content (AvgIpc) is 2.80. The number of aliphatic hydroxyl groups excluding tert-OH is 1. The summed E-state index contributed by atoms with van der Waals surface area (Å²) in [6, 6.07) is 18.2. The molecule has 0 spiro atoms. The van der Waals surface area contributed by atoms with Gasteiger partial charge in [-0.2, -0.15) is 0 Å². The number of ether oxygens (including phenoxy) is 1. The number of nitrogens with one attached hydrogen (secondary N) is 2. The Morgan fingerprint density at radius 2 is 1.81 bits per heavy atom. The molecule has 0 saturated carbocycles. The second-order valence-electron chi connectivity index (χ2n) is 7.34. The quantitative estimate of drug-likeness (QED) is 0.585. The van der Waals surface area contributed by atoms with Crippen LogP contribution in [0, 0.1) is 0 Å². The maximum Gasteiger partial charge on any atom is 0.323 e. The highest BCUT2D eigenvalue weighted by atomic mass is 16.5. The fraction of sp³-hybridized carbons (Fsp3) is 0.261. The van der Waals surface area contributed by atoms with Gasteiger partial charge in [0.15, 0.2) is 5.82 Å². The number of rotatable bonds is 5. The van der Waals surface area contributed by atoms with E-state index in [1.165, 1.54) is 0 Å². The fourth-order valence-corrected chi connectivity index (χ4v) is 3.43. The monoisotopic (exact) mass is 419 g/mol. The minimum Gasteiger partial charge on any atom is -0.390 e. The molecule has 0 aliphatic carbocycles. The van der Waals surface area contributed by atoms with E-state index in [0.29, 0.717) is 30.4 Å². The van der Waals surface area contributed by atoms with E-state index in [-0.39, 0.29) is 18.7 Å². The Labute approximate surface area is 180 Å². The number of benzene rings is 2. The molecule has 2 aromatic carbocycles. The number of carbonyl (C=O) groups is 1. The summed E-state index contributed by atoms with van der Waals surface area (Å²) in [7, 11) is 0. The third-order valence-electron chi connectivity index (χ3n) is 5.02. The lowest BCUT2D eigenvalue weighted by atomic mass is 10.2. The van der Waals surface area contributed by atoms with Crippen molar-refractivity contribution in [2.75, 3.05) is 35.3 Å². The van der Waals surface area contributed by atoms with Crippen molar-refractivity contribution in [1.29, 1.82) is 0 Å². The number of carbonyl (C=O) groups excluding carboxylic acids is 1. The minimum atomic E-state index is -0.318. The van der Waals surface area contributed by atoms with Gasteiger partial charge in [-0.1, -0.05) is 18.2 Å². The molecule has 3 aromatic rings. The van der Waals surface area contributed by atoms with Gasteiger partial charge in [0.1, 0.15) is 5.82 Å². The van der Waals surface area contributed by atoms with Crippen LogP contribution in [0.1, 0.15) is 12.6 Å². The van der Waals surface area contributed by atoms with Gasteiger partial charge >= 0.3 is 6.03 Å². The van der Waals surface area contributed by atoms with Gasteiger partial charge in [-0.3, -0.25) is 0 Å². The van der Waals surface area contributed by atoms with Gasteiger partial charge in [0.2, 0.25) is 0 Å². The first-order valence-corrected chi connectivity index (χ1v) is 10.2. The lowest BCUT2D eigenvalue weighted by Crippen LogP contribution is -2.44. The van der Waals surface area contributed by atoms with Crippen molar-refractivity contribution in [2.24, 2.45) is 0 Å². The van der Waals surface area contributed by atoms with Crippen LogP contribution in [-0.4, -0.2) is 46.9 Å². The molecule has 0 bridgehead atoms. The molecule has 2 heterocycles. The standard InChI is InChI=1S/C23H25N5O3/c1-16-15-31-12-11-28(16)21-13-20(14-29)24-22(27-21)17-7-9-19(10-8-17)26-23(30)25-18-5-3-2-4-6-18/h2-10,13,16,29H,11-12,14-15H2,1H3,(H2,25,26,30)/t16-/m1/s1. The third-order valence-corrected chi connectivity index (χ3v) is 5.02. The molecule has 8 heteroatoms. The summed E-state index contributed by atoms with van der Waals surface area (Å²) in [5.74, 6) is 1.30. The molecule has 1 atom stereocenters.